The third-order valence-electron chi connectivity index (χ3n) is 4.28. The summed E-state index contributed by atoms with van der Waals surface area (Å²) in [4.78, 5) is 26.8. The number of ether oxygens (including phenoxy) is 1. The molecule has 0 spiro atoms. The van der Waals surface area contributed by atoms with E-state index >= 15 is 0 Å². The van der Waals surface area contributed by atoms with Crippen molar-refractivity contribution in [1.82, 2.24) is 20.0 Å². The number of aromatic nitrogens is 2. The molecule has 0 atom stereocenters. The zero-order chi connectivity index (χ0) is 18.7. The monoisotopic (exact) mass is 363 g/mol. The van der Waals surface area contributed by atoms with Crippen molar-refractivity contribution in [2.75, 3.05) is 33.3 Å². The molecule has 26 heavy (non-hydrogen) atoms. The molecule has 0 aliphatic carbocycles. The number of piperazine rings is 1. The number of aromatic amines is 1. The second-order valence-corrected chi connectivity index (χ2v) is 5.91. The van der Waals surface area contributed by atoms with E-state index in [0.717, 1.165) is 5.56 Å². The Morgan fingerprint density at radius 1 is 1.31 bits per heavy atom. The number of nitrogens with zero attached hydrogens (tertiary/aromatic N) is 4. The fourth-order valence-corrected chi connectivity index (χ4v) is 2.90. The zero-order valence-electron chi connectivity index (χ0n) is 14.1. The molecule has 138 valence electrons. The number of hydrogen-bond donors (Lipinski definition) is 1. The summed E-state index contributed by atoms with van der Waals surface area (Å²) in [6, 6.07) is 6.29. The van der Waals surface area contributed by atoms with E-state index in [-0.39, 0.29) is 17.4 Å². The zero-order valence-corrected chi connectivity index (χ0v) is 14.1. The Bertz CT molecular complexity index is 799. The minimum absolute atomic E-state index is 0.182. The third kappa shape index (κ3) is 3.64. The van der Waals surface area contributed by atoms with Gasteiger partial charge in [-0.3, -0.25) is 24.9 Å². The molecule has 1 N–H and O–H groups in total. The van der Waals surface area contributed by atoms with Crippen LogP contribution in [-0.2, 0) is 6.54 Å². The van der Waals surface area contributed by atoms with E-state index in [1.807, 2.05) is 0 Å². The van der Waals surface area contributed by atoms with E-state index < -0.39 is 16.5 Å². The number of nitrogens with one attached hydrogen (secondary N) is 1. The normalized spacial score (nSPS) is 15.1. The van der Waals surface area contributed by atoms with E-state index in [1.54, 1.807) is 17.0 Å². The van der Waals surface area contributed by atoms with Crippen molar-refractivity contribution in [1.29, 1.82) is 0 Å². The van der Waals surface area contributed by atoms with Gasteiger partial charge in [-0.15, -0.1) is 5.10 Å². The second kappa shape index (κ2) is 7.48. The van der Waals surface area contributed by atoms with Gasteiger partial charge in [-0.05, 0) is 17.7 Å². The topological polar surface area (TPSA) is 105 Å². The lowest BCUT2D eigenvalue weighted by molar-refractivity contribution is -0.386. The van der Waals surface area contributed by atoms with Crippen LogP contribution in [0.1, 0.15) is 16.1 Å². The van der Waals surface area contributed by atoms with Crippen LogP contribution in [0.3, 0.4) is 0 Å². The lowest BCUT2D eigenvalue weighted by Crippen LogP contribution is -2.48. The van der Waals surface area contributed by atoms with Crippen molar-refractivity contribution in [2.24, 2.45) is 0 Å². The highest BCUT2D eigenvalue weighted by molar-refractivity contribution is 5.97. The Morgan fingerprint density at radius 2 is 1.96 bits per heavy atom. The van der Waals surface area contributed by atoms with E-state index in [0.29, 0.717) is 32.7 Å². The van der Waals surface area contributed by atoms with Gasteiger partial charge in [0.1, 0.15) is 5.82 Å². The van der Waals surface area contributed by atoms with Crippen molar-refractivity contribution >= 4 is 11.6 Å². The molecule has 2 heterocycles. The quantitative estimate of drug-likeness (QED) is 0.636. The van der Waals surface area contributed by atoms with Gasteiger partial charge >= 0.3 is 11.6 Å². The summed E-state index contributed by atoms with van der Waals surface area (Å²) < 4.78 is 17.8. The van der Waals surface area contributed by atoms with Crippen LogP contribution >= 0.6 is 0 Å². The summed E-state index contributed by atoms with van der Waals surface area (Å²) in [5.41, 5.74) is 0.352. The number of methoxy groups -OCH3 is 1. The molecule has 1 aliphatic rings. The number of amides is 1. The van der Waals surface area contributed by atoms with E-state index in [2.05, 4.69) is 15.1 Å². The fourth-order valence-electron chi connectivity index (χ4n) is 2.90. The maximum atomic E-state index is 13.0. The van der Waals surface area contributed by atoms with Gasteiger partial charge in [0.05, 0.1) is 12.0 Å². The Hall–Kier alpha value is -3.01. The smallest absolute Gasteiger partial charge is 0.362 e. The molecule has 1 saturated heterocycles. The first-order valence-corrected chi connectivity index (χ1v) is 8.02. The van der Waals surface area contributed by atoms with Crippen molar-refractivity contribution in [3.63, 3.8) is 0 Å². The summed E-state index contributed by atoms with van der Waals surface area (Å²) in [7, 11) is 1.26. The van der Waals surface area contributed by atoms with E-state index in [9.17, 15) is 19.3 Å². The fraction of sp³-hybridized carbons (Fsp3) is 0.375. The molecular weight excluding hydrogens is 345 g/mol. The SMILES string of the molecule is COc1n[nH]c(C(=O)N2CCN(Cc3ccc(F)cc3)CC2)c1[N+](=O)[O-]. The van der Waals surface area contributed by atoms with Crippen LogP contribution in [0, 0.1) is 15.9 Å². The van der Waals surface area contributed by atoms with Crippen LogP contribution in [0.15, 0.2) is 24.3 Å². The summed E-state index contributed by atoms with van der Waals surface area (Å²) in [6.07, 6.45) is 0. The molecule has 1 aromatic heterocycles. The molecule has 0 unspecified atom stereocenters. The average Bonchev–Trinajstić information content (AvgIpc) is 3.08. The van der Waals surface area contributed by atoms with Gasteiger partial charge in [-0.25, -0.2) is 4.39 Å². The number of benzene rings is 1. The van der Waals surface area contributed by atoms with Crippen LogP contribution < -0.4 is 4.74 Å². The number of nitro groups is 1. The summed E-state index contributed by atoms with van der Waals surface area (Å²) >= 11 is 0. The Kier molecular flexibility index (Phi) is 5.12. The third-order valence-corrected chi connectivity index (χ3v) is 4.28. The highest BCUT2D eigenvalue weighted by atomic mass is 19.1. The van der Waals surface area contributed by atoms with Crippen LogP contribution in [0.5, 0.6) is 5.88 Å². The summed E-state index contributed by atoms with van der Waals surface area (Å²) in [6.45, 7) is 2.74. The van der Waals surface area contributed by atoms with Gasteiger partial charge in [0.15, 0.2) is 0 Å². The molecule has 9 nitrogen and oxygen atoms in total. The van der Waals surface area contributed by atoms with Gasteiger partial charge in [0.2, 0.25) is 5.69 Å². The lowest BCUT2D eigenvalue weighted by Gasteiger charge is -2.34. The summed E-state index contributed by atoms with van der Waals surface area (Å²) in [5.74, 6) is -0.969. The molecule has 0 radical (unpaired) electrons. The van der Waals surface area contributed by atoms with Gasteiger partial charge in [-0.2, -0.15) is 0 Å². The Labute approximate surface area is 148 Å². The summed E-state index contributed by atoms with van der Waals surface area (Å²) in [5, 5.41) is 17.3. The predicted octanol–water partition coefficient (Wildman–Crippen LogP) is 1.42. The number of carbonyl (C=O) groups excluding carboxylic acids is 1. The maximum Gasteiger partial charge on any atom is 0.362 e. The Balaban J connectivity index is 1.63. The molecule has 1 amide bonds. The largest absolute Gasteiger partial charge is 0.475 e. The number of carbonyl (C=O) groups is 1. The van der Waals surface area contributed by atoms with Crippen LogP contribution in [0.25, 0.3) is 0 Å². The molecule has 1 aromatic carbocycles. The van der Waals surface area contributed by atoms with Crippen LogP contribution in [-0.4, -0.2) is 64.1 Å². The first-order valence-electron chi connectivity index (χ1n) is 8.02. The highest BCUT2D eigenvalue weighted by Gasteiger charge is 2.33. The van der Waals surface area contributed by atoms with Gasteiger partial charge in [0, 0.05) is 32.7 Å². The molecule has 0 bridgehead atoms. The maximum absolute atomic E-state index is 13.0. The van der Waals surface area contributed by atoms with Gasteiger partial charge in [-0.1, -0.05) is 12.1 Å². The van der Waals surface area contributed by atoms with Gasteiger partial charge < -0.3 is 9.64 Å². The van der Waals surface area contributed by atoms with Gasteiger partial charge in [0.25, 0.3) is 5.91 Å². The first-order chi connectivity index (χ1) is 12.5. The van der Waals surface area contributed by atoms with Crippen LogP contribution in [0.4, 0.5) is 10.1 Å². The average molecular weight is 363 g/mol. The van der Waals surface area contributed by atoms with Crippen LogP contribution in [0.2, 0.25) is 0 Å². The Morgan fingerprint density at radius 3 is 2.54 bits per heavy atom. The number of hydrogen-bond acceptors (Lipinski definition) is 6. The molecule has 1 fully saturated rings. The number of H-pyrrole nitrogens is 1. The van der Waals surface area contributed by atoms with Crippen molar-refractivity contribution in [3.8, 4) is 5.88 Å². The van der Waals surface area contributed by atoms with Crippen molar-refractivity contribution in [3.05, 3.63) is 51.5 Å². The number of rotatable bonds is 5. The van der Waals surface area contributed by atoms with E-state index in [4.69, 9.17) is 4.74 Å². The number of halogens is 1. The second-order valence-electron chi connectivity index (χ2n) is 5.91. The lowest BCUT2D eigenvalue weighted by atomic mass is 10.2. The molecule has 2 aromatic rings. The standard InChI is InChI=1S/C16H18FN5O4/c1-26-15-14(22(24)25)13(18-19-15)16(23)21-8-6-20(7-9-21)10-11-2-4-12(17)5-3-11/h2-5H,6-10H2,1H3,(H,18,19). The van der Waals surface area contributed by atoms with E-state index in [1.165, 1.54) is 19.2 Å². The first kappa shape index (κ1) is 17.8. The minimum Gasteiger partial charge on any atom is -0.475 e. The molecule has 3 rings (SSSR count). The highest BCUT2D eigenvalue weighted by Crippen LogP contribution is 2.28. The molecular formula is C16H18FN5O4. The molecule has 10 heteroatoms. The van der Waals surface area contributed by atoms with Crippen molar-refractivity contribution in [2.45, 2.75) is 6.54 Å². The predicted molar refractivity (Wildman–Crippen MR) is 89.4 cm³/mol. The minimum atomic E-state index is -0.680. The molecule has 1 aliphatic heterocycles. The van der Waals surface area contributed by atoms with Crippen molar-refractivity contribution < 1.29 is 18.8 Å². The molecule has 0 saturated carbocycles.